The highest BCUT2D eigenvalue weighted by Gasteiger charge is 2.54. The van der Waals surface area contributed by atoms with Crippen molar-refractivity contribution in [2.45, 2.75) is 55.8 Å². The maximum Gasteiger partial charge on any atom is 0.377 e. The van der Waals surface area contributed by atoms with Crippen LogP contribution < -0.4 is 0 Å². The van der Waals surface area contributed by atoms with Crippen molar-refractivity contribution >= 4 is 12.0 Å². The molecule has 0 unspecified atom stereocenters. The Hall–Kier alpha value is 0.0300. The zero-order valence-corrected chi connectivity index (χ0v) is 10.7. The second-order valence-corrected chi connectivity index (χ2v) is 7.01. The van der Waals surface area contributed by atoms with Gasteiger partial charge in [0.1, 0.15) is 0 Å². The fourth-order valence-electron chi connectivity index (χ4n) is 4.31. The highest BCUT2D eigenvalue weighted by molar-refractivity contribution is 7.95. The maximum atomic E-state index is 12.9. The second-order valence-electron chi connectivity index (χ2n) is 6.13. The minimum Gasteiger partial charge on any atom is -0.303 e. The quantitative estimate of drug-likeness (QED) is 0.556. The van der Waals surface area contributed by atoms with Crippen molar-refractivity contribution in [2.75, 3.05) is 0 Å². The Morgan fingerprint density at radius 2 is 1.44 bits per heavy atom. The average Bonchev–Trinajstić information content (AvgIpc) is 2.24. The molecule has 0 aliphatic heterocycles. The molecule has 0 heterocycles. The average molecular weight is 284 g/mol. The van der Waals surface area contributed by atoms with Gasteiger partial charge in [0, 0.05) is 0 Å². The Labute approximate surface area is 108 Å². The number of hydrogen-bond acceptors (Lipinski definition) is 2. The predicted octanol–water partition coefficient (Wildman–Crippen LogP) is 4.48. The van der Waals surface area contributed by atoms with E-state index in [9.17, 15) is 17.6 Å². The molecule has 4 aliphatic rings. The minimum absolute atomic E-state index is 0.308. The largest absolute Gasteiger partial charge is 0.377 e. The summed E-state index contributed by atoms with van der Waals surface area (Å²) in [6, 6.07) is 0. The molecule has 0 aromatic carbocycles. The van der Waals surface area contributed by atoms with Crippen LogP contribution in [0.4, 0.5) is 17.6 Å². The number of halogens is 4. The van der Waals surface area contributed by atoms with Gasteiger partial charge in [-0.2, -0.15) is 8.78 Å². The van der Waals surface area contributed by atoms with Crippen LogP contribution in [0.1, 0.15) is 38.5 Å². The second kappa shape index (κ2) is 4.27. The van der Waals surface area contributed by atoms with Gasteiger partial charge >= 0.3 is 11.7 Å². The van der Waals surface area contributed by atoms with Crippen molar-refractivity contribution in [2.24, 2.45) is 17.8 Å². The molecule has 104 valence electrons. The Morgan fingerprint density at radius 3 is 1.83 bits per heavy atom. The van der Waals surface area contributed by atoms with E-state index >= 15 is 0 Å². The van der Waals surface area contributed by atoms with Crippen LogP contribution in [-0.2, 0) is 4.18 Å². The molecule has 18 heavy (non-hydrogen) atoms. The van der Waals surface area contributed by atoms with E-state index in [1.54, 1.807) is 0 Å². The van der Waals surface area contributed by atoms with Gasteiger partial charge in [0.25, 0.3) is 0 Å². The molecule has 4 rings (SSSR count). The number of alkyl halides is 4. The zero-order chi connectivity index (χ0) is 13.0. The molecule has 4 aliphatic carbocycles. The molecule has 0 N–H and O–H groups in total. The molecule has 0 saturated heterocycles. The first-order valence-electron chi connectivity index (χ1n) is 6.41. The van der Waals surface area contributed by atoms with Gasteiger partial charge in [0.15, 0.2) is 0 Å². The Bertz CT molecular complexity index is 299. The molecule has 4 fully saturated rings. The first-order chi connectivity index (χ1) is 8.39. The van der Waals surface area contributed by atoms with E-state index in [1.165, 1.54) is 0 Å². The van der Waals surface area contributed by atoms with E-state index in [-0.39, 0.29) is 12.0 Å². The van der Waals surface area contributed by atoms with Crippen LogP contribution in [0.5, 0.6) is 0 Å². The molecule has 0 aromatic heterocycles. The standard InChI is InChI=1S/C12H16F4OS/c13-10(14)12(15,16)18-17-11-4-7-1-8(5-11)3-9(2-7)6-11/h7-10H,1-6H2. The van der Waals surface area contributed by atoms with E-state index < -0.39 is 17.3 Å². The summed E-state index contributed by atoms with van der Waals surface area (Å²) in [5, 5.41) is -4.09. The van der Waals surface area contributed by atoms with E-state index in [4.69, 9.17) is 4.18 Å². The summed E-state index contributed by atoms with van der Waals surface area (Å²) in [5.74, 6) is 1.66. The lowest BCUT2D eigenvalue weighted by Crippen LogP contribution is -2.51. The molecule has 0 aromatic rings. The normalized spacial score (nSPS) is 42.8. The monoisotopic (exact) mass is 284 g/mol. The smallest absolute Gasteiger partial charge is 0.303 e. The summed E-state index contributed by atoms with van der Waals surface area (Å²) in [4.78, 5) is 0. The van der Waals surface area contributed by atoms with Gasteiger partial charge in [-0.1, -0.05) is 0 Å². The van der Waals surface area contributed by atoms with E-state index in [0.717, 1.165) is 38.5 Å². The Balaban J connectivity index is 1.66. The van der Waals surface area contributed by atoms with Gasteiger partial charge in [-0.25, -0.2) is 8.78 Å². The molecule has 0 atom stereocenters. The fraction of sp³-hybridized carbons (Fsp3) is 1.00. The van der Waals surface area contributed by atoms with Gasteiger partial charge in [0.2, 0.25) is 0 Å². The topological polar surface area (TPSA) is 9.23 Å². The van der Waals surface area contributed by atoms with Crippen LogP contribution in [0.3, 0.4) is 0 Å². The van der Waals surface area contributed by atoms with E-state index in [2.05, 4.69) is 0 Å². The SMILES string of the molecule is FC(F)C(F)(F)SOC12CC3CC(CC(C3)C1)C2. The Morgan fingerprint density at radius 1 is 1.00 bits per heavy atom. The van der Waals surface area contributed by atoms with Crippen LogP contribution in [0.15, 0.2) is 0 Å². The third-order valence-corrected chi connectivity index (χ3v) is 5.40. The van der Waals surface area contributed by atoms with Crippen molar-refractivity contribution in [3.8, 4) is 0 Å². The van der Waals surface area contributed by atoms with Gasteiger partial charge in [-0.3, -0.25) is 0 Å². The van der Waals surface area contributed by atoms with Gasteiger partial charge in [0.05, 0.1) is 17.6 Å². The first-order valence-corrected chi connectivity index (χ1v) is 7.15. The lowest BCUT2D eigenvalue weighted by atomic mass is 9.54. The molecule has 1 nitrogen and oxygen atoms in total. The van der Waals surface area contributed by atoms with Crippen LogP contribution >= 0.6 is 12.0 Å². The lowest BCUT2D eigenvalue weighted by Gasteiger charge is -2.55. The van der Waals surface area contributed by atoms with Crippen molar-refractivity contribution < 1.29 is 21.7 Å². The molecular formula is C12H16F4OS. The highest BCUT2D eigenvalue weighted by atomic mass is 32.2. The van der Waals surface area contributed by atoms with Crippen molar-refractivity contribution in [1.29, 1.82) is 0 Å². The molecule has 0 amide bonds. The van der Waals surface area contributed by atoms with Gasteiger partial charge in [-0.15, -0.1) is 0 Å². The van der Waals surface area contributed by atoms with Crippen molar-refractivity contribution in [3.05, 3.63) is 0 Å². The summed E-state index contributed by atoms with van der Waals surface area (Å²) in [5.41, 5.74) is -0.558. The van der Waals surface area contributed by atoms with Crippen LogP contribution in [0.25, 0.3) is 0 Å². The summed E-state index contributed by atoms with van der Waals surface area (Å²) in [6.45, 7) is 0. The molecule has 0 radical (unpaired) electrons. The molecule has 6 heteroatoms. The summed E-state index contributed by atoms with van der Waals surface area (Å²) >= 11 is -0.308. The fourth-order valence-corrected chi connectivity index (χ4v) is 4.88. The molecule has 0 spiro atoms. The predicted molar refractivity (Wildman–Crippen MR) is 60.5 cm³/mol. The van der Waals surface area contributed by atoms with Crippen LogP contribution in [0, 0.1) is 17.8 Å². The van der Waals surface area contributed by atoms with Gasteiger partial charge in [-0.05, 0) is 56.3 Å². The van der Waals surface area contributed by atoms with Gasteiger partial charge < -0.3 is 4.18 Å². The maximum absolute atomic E-state index is 12.9. The third kappa shape index (κ3) is 2.26. The number of hydrogen-bond donors (Lipinski definition) is 0. The summed E-state index contributed by atoms with van der Waals surface area (Å²) in [6.07, 6.45) is 2.13. The minimum atomic E-state index is -4.09. The van der Waals surface area contributed by atoms with E-state index in [0.29, 0.717) is 17.8 Å². The summed E-state index contributed by atoms with van der Waals surface area (Å²) < 4.78 is 55.3. The first kappa shape index (κ1) is 13.0. The van der Waals surface area contributed by atoms with Crippen LogP contribution in [0.2, 0.25) is 0 Å². The summed E-state index contributed by atoms with van der Waals surface area (Å²) in [7, 11) is 0. The number of rotatable bonds is 4. The highest BCUT2D eigenvalue weighted by Crippen LogP contribution is 2.58. The third-order valence-electron chi connectivity index (χ3n) is 4.57. The molecule has 4 bridgehead atoms. The molecule has 4 saturated carbocycles. The Kier molecular flexibility index (Phi) is 3.09. The molecular weight excluding hydrogens is 268 g/mol. The van der Waals surface area contributed by atoms with Crippen LogP contribution in [-0.4, -0.2) is 17.3 Å². The zero-order valence-electron chi connectivity index (χ0n) is 9.88. The van der Waals surface area contributed by atoms with Crippen molar-refractivity contribution in [1.82, 2.24) is 0 Å². The lowest BCUT2D eigenvalue weighted by molar-refractivity contribution is -0.110. The van der Waals surface area contributed by atoms with E-state index in [1.807, 2.05) is 0 Å². The van der Waals surface area contributed by atoms with Crippen molar-refractivity contribution in [3.63, 3.8) is 0 Å².